The predicted molar refractivity (Wildman–Crippen MR) is 126 cm³/mol. The summed E-state index contributed by atoms with van der Waals surface area (Å²) in [5.41, 5.74) is 2.51. The van der Waals surface area contributed by atoms with E-state index in [4.69, 9.17) is 4.74 Å². The Labute approximate surface area is 192 Å². The number of anilines is 1. The van der Waals surface area contributed by atoms with Gasteiger partial charge in [0.15, 0.2) is 0 Å². The molecule has 1 aliphatic heterocycles. The number of aliphatic hydroxyl groups excluding tert-OH is 1. The molecule has 0 aromatic heterocycles. The van der Waals surface area contributed by atoms with Crippen LogP contribution in [0.1, 0.15) is 36.1 Å². The smallest absolute Gasteiger partial charge is 0.300 e. The van der Waals surface area contributed by atoms with Gasteiger partial charge in [-0.1, -0.05) is 48.9 Å². The Bertz CT molecular complexity index is 1210. The number of hydrogen-bond donors (Lipinski definition) is 2. The third-order valence-corrected chi connectivity index (χ3v) is 5.55. The van der Waals surface area contributed by atoms with Crippen molar-refractivity contribution in [2.24, 2.45) is 0 Å². The summed E-state index contributed by atoms with van der Waals surface area (Å²) in [6, 6.07) is 19.5. The minimum absolute atomic E-state index is 0.0149. The summed E-state index contributed by atoms with van der Waals surface area (Å²) in [7, 11) is 0. The highest BCUT2D eigenvalue weighted by Crippen LogP contribution is 2.42. The number of Topliss-reactive ketones (excluding diaryl/α,β-unsaturated/α-hetero) is 1. The van der Waals surface area contributed by atoms with E-state index in [2.05, 4.69) is 0 Å². The molecule has 168 valence electrons. The number of carbonyl (C=O) groups is 2. The average Bonchev–Trinajstić information content (AvgIpc) is 3.09. The molecule has 3 aromatic carbocycles. The fourth-order valence-corrected chi connectivity index (χ4v) is 3.88. The number of amides is 1. The number of phenolic OH excluding ortho intramolecular Hbond substituents is 1. The van der Waals surface area contributed by atoms with Gasteiger partial charge in [0.05, 0.1) is 18.2 Å². The first kappa shape index (κ1) is 22.1. The van der Waals surface area contributed by atoms with E-state index in [0.717, 1.165) is 12.0 Å². The van der Waals surface area contributed by atoms with Crippen molar-refractivity contribution in [3.05, 3.63) is 95.1 Å². The molecule has 0 radical (unpaired) electrons. The monoisotopic (exact) mass is 443 g/mol. The van der Waals surface area contributed by atoms with Gasteiger partial charge in [-0.3, -0.25) is 14.5 Å². The topological polar surface area (TPSA) is 87.1 Å². The summed E-state index contributed by atoms with van der Waals surface area (Å²) in [4.78, 5) is 27.7. The molecule has 1 unspecified atom stereocenters. The predicted octanol–water partition coefficient (Wildman–Crippen LogP) is 5.12. The van der Waals surface area contributed by atoms with Crippen LogP contribution < -0.4 is 9.64 Å². The van der Waals surface area contributed by atoms with Gasteiger partial charge in [-0.2, -0.15) is 0 Å². The third kappa shape index (κ3) is 4.32. The van der Waals surface area contributed by atoms with E-state index < -0.39 is 17.7 Å². The molecule has 0 saturated carbocycles. The van der Waals surface area contributed by atoms with Crippen molar-refractivity contribution in [3.63, 3.8) is 0 Å². The van der Waals surface area contributed by atoms with Gasteiger partial charge in [0.1, 0.15) is 17.3 Å². The zero-order chi connectivity index (χ0) is 23.5. The molecule has 1 saturated heterocycles. The van der Waals surface area contributed by atoms with Crippen molar-refractivity contribution in [2.45, 2.75) is 26.3 Å². The summed E-state index contributed by atoms with van der Waals surface area (Å²) in [5.74, 6) is -1.15. The summed E-state index contributed by atoms with van der Waals surface area (Å²) in [5, 5.41) is 21.0. The maximum atomic E-state index is 13.2. The van der Waals surface area contributed by atoms with Gasteiger partial charge in [0, 0.05) is 11.3 Å². The average molecular weight is 443 g/mol. The van der Waals surface area contributed by atoms with E-state index in [1.54, 1.807) is 48.5 Å². The second-order valence-electron chi connectivity index (χ2n) is 7.97. The van der Waals surface area contributed by atoms with Crippen molar-refractivity contribution < 1.29 is 24.5 Å². The van der Waals surface area contributed by atoms with Crippen LogP contribution in [0.3, 0.4) is 0 Å². The second-order valence-corrected chi connectivity index (χ2v) is 7.97. The molecule has 1 aliphatic rings. The minimum Gasteiger partial charge on any atom is -0.508 e. The van der Waals surface area contributed by atoms with Crippen molar-refractivity contribution in [1.29, 1.82) is 0 Å². The molecule has 2 N–H and O–H groups in total. The third-order valence-electron chi connectivity index (χ3n) is 5.55. The van der Waals surface area contributed by atoms with Crippen LogP contribution in [0.5, 0.6) is 11.5 Å². The molecule has 1 atom stereocenters. The van der Waals surface area contributed by atoms with Crippen molar-refractivity contribution in [2.75, 3.05) is 11.5 Å². The molecule has 3 aromatic rings. The Balaban J connectivity index is 1.88. The summed E-state index contributed by atoms with van der Waals surface area (Å²) in [6.07, 6.45) is 0.832. The number of nitrogens with zero attached hydrogens (tertiary/aromatic N) is 1. The summed E-state index contributed by atoms with van der Waals surface area (Å²) < 4.78 is 5.66. The molecular formula is C27H25NO5. The summed E-state index contributed by atoms with van der Waals surface area (Å²) in [6.45, 7) is 4.45. The van der Waals surface area contributed by atoms with E-state index in [1.807, 2.05) is 26.0 Å². The molecular weight excluding hydrogens is 418 g/mol. The van der Waals surface area contributed by atoms with Crippen LogP contribution in [-0.4, -0.2) is 28.5 Å². The maximum absolute atomic E-state index is 13.2. The number of aliphatic hydroxyl groups is 1. The fourth-order valence-electron chi connectivity index (χ4n) is 3.88. The number of aromatic hydroxyl groups is 1. The lowest BCUT2D eigenvalue weighted by atomic mass is 9.95. The lowest BCUT2D eigenvalue weighted by Gasteiger charge is -2.25. The molecule has 0 bridgehead atoms. The van der Waals surface area contributed by atoms with Gasteiger partial charge in [0.25, 0.3) is 11.7 Å². The highest BCUT2D eigenvalue weighted by Gasteiger charge is 2.46. The fraction of sp³-hybridized carbons (Fsp3) is 0.185. The number of ether oxygens (including phenoxy) is 1. The van der Waals surface area contributed by atoms with Crippen LogP contribution in [0, 0.1) is 6.92 Å². The van der Waals surface area contributed by atoms with E-state index in [1.165, 1.54) is 17.0 Å². The SMILES string of the molecule is CCCOc1cccc(/C(O)=C2/C(=O)C(=O)N(c3ccc(C)cc3)C2c2ccc(O)cc2)c1. The zero-order valence-electron chi connectivity index (χ0n) is 18.5. The number of ketones is 1. The molecule has 1 amide bonds. The first-order chi connectivity index (χ1) is 15.9. The molecule has 4 rings (SSSR count). The maximum Gasteiger partial charge on any atom is 0.300 e. The van der Waals surface area contributed by atoms with Gasteiger partial charge in [-0.25, -0.2) is 0 Å². The van der Waals surface area contributed by atoms with E-state index in [0.29, 0.717) is 29.2 Å². The standard InChI is InChI=1S/C27H25NO5/c1-3-15-33-22-6-4-5-19(16-22)25(30)23-24(18-9-13-21(29)14-10-18)28(27(32)26(23)31)20-11-7-17(2)8-12-20/h4-14,16,24,29-30H,3,15H2,1-2H3/b25-23-. The summed E-state index contributed by atoms with van der Waals surface area (Å²) >= 11 is 0. The lowest BCUT2D eigenvalue weighted by Crippen LogP contribution is -2.29. The number of benzene rings is 3. The number of rotatable bonds is 6. The van der Waals surface area contributed by atoms with Gasteiger partial charge < -0.3 is 14.9 Å². The van der Waals surface area contributed by atoms with Crippen LogP contribution in [0.2, 0.25) is 0 Å². The second kappa shape index (κ2) is 9.20. The zero-order valence-corrected chi connectivity index (χ0v) is 18.5. The normalized spacial score (nSPS) is 17.4. The number of aryl methyl sites for hydroxylation is 1. The van der Waals surface area contributed by atoms with Gasteiger partial charge in [-0.15, -0.1) is 0 Å². The van der Waals surface area contributed by atoms with Crippen LogP contribution in [0.15, 0.2) is 78.4 Å². The van der Waals surface area contributed by atoms with Crippen molar-refractivity contribution >= 4 is 23.1 Å². The Kier molecular flexibility index (Phi) is 6.18. The first-order valence-electron chi connectivity index (χ1n) is 10.8. The number of phenols is 1. The van der Waals surface area contributed by atoms with Crippen LogP contribution >= 0.6 is 0 Å². The van der Waals surface area contributed by atoms with Crippen LogP contribution in [0.25, 0.3) is 5.76 Å². The van der Waals surface area contributed by atoms with Crippen LogP contribution in [0.4, 0.5) is 5.69 Å². The highest BCUT2D eigenvalue weighted by molar-refractivity contribution is 6.51. The van der Waals surface area contributed by atoms with Gasteiger partial charge in [-0.05, 0) is 55.3 Å². The Morgan fingerprint density at radius 2 is 1.70 bits per heavy atom. The Morgan fingerprint density at radius 3 is 2.36 bits per heavy atom. The molecule has 33 heavy (non-hydrogen) atoms. The number of hydrogen-bond acceptors (Lipinski definition) is 5. The first-order valence-corrected chi connectivity index (χ1v) is 10.8. The van der Waals surface area contributed by atoms with E-state index in [-0.39, 0.29) is 17.1 Å². The quantitative estimate of drug-likeness (QED) is 0.314. The lowest BCUT2D eigenvalue weighted by molar-refractivity contribution is -0.132. The van der Waals surface area contributed by atoms with Gasteiger partial charge >= 0.3 is 0 Å². The number of carbonyl (C=O) groups excluding carboxylic acids is 2. The molecule has 6 nitrogen and oxygen atoms in total. The molecule has 0 spiro atoms. The molecule has 1 heterocycles. The van der Waals surface area contributed by atoms with Crippen LogP contribution in [-0.2, 0) is 9.59 Å². The van der Waals surface area contributed by atoms with Crippen molar-refractivity contribution in [3.8, 4) is 11.5 Å². The van der Waals surface area contributed by atoms with Crippen molar-refractivity contribution in [1.82, 2.24) is 0 Å². The minimum atomic E-state index is -0.853. The Morgan fingerprint density at radius 1 is 1.00 bits per heavy atom. The molecule has 1 fully saturated rings. The highest BCUT2D eigenvalue weighted by atomic mass is 16.5. The Hall–Kier alpha value is -4.06. The van der Waals surface area contributed by atoms with Gasteiger partial charge in [0.2, 0.25) is 0 Å². The van der Waals surface area contributed by atoms with E-state index >= 15 is 0 Å². The molecule has 6 heteroatoms. The van der Waals surface area contributed by atoms with E-state index in [9.17, 15) is 19.8 Å². The largest absolute Gasteiger partial charge is 0.508 e. The molecule has 0 aliphatic carbocycles.